The summed E-state index contributed by atoms with van der Waals surface area (Å²) in [5.74, 6) is -0.683. The molecule has 1 aliphatic heterocycles. The van der Waals surface area contributed by atoms with Crippen molar-refractivity contribution in [3.63, 3.8) is 0 Å². The molecule has 1 heterocycles. The molecular formula is C19H27N3O2. The maximum Gasteiger partial charge on any atom is 0.234 e. The predicted octanol–water partition coefficient (Wildman–Crippen LogP) is 1.42. The van der Waals surface area contributed by atoms with Gasteiger partial charge in [-0.05, 0) is 31.2 Å². The van der Waals surface area contributed by atoms with E-state index in [1.165, 1.54) is 5.56 Å². The van der Waals surface area contributed by atoms with Crippen LogP contribution in [0, 0.1) is 5.92 Å². The van der Waals surface area contributed by atoms with Gasteiger partial charge in [-0.2, -0.15) is 0 Å². The van der Waals surface area contributed by atoms with Crippen LogP contribution in [0.2, 0.25) is 0 Å². The van der Waals surface area contributed by atoms with E-state index < -0.39 is 5.92 Å². The van der Waals surface area contributed by atoms with Gasteiger partial charge < -0.3 is 16.0 Å². The van der Waals surface area contributed by atoms with Gasteiger partial charge in [-0.1, -0.05) is 36.8 Å². The first-order chi connectivity index (χ1) is 11.6. The monoisotopic (exact) mass is 329 g/mol. The maximum atomic E-state index is 12.6. The minimum atomic E-state index is -0.526. The van der Waals surface area contributed by atoms with Gasteiger partial charge in [-0.15, -0.1) is 0 Å². The van der Waals surface area contributed by atoms with E-state index in [0.29, 0.717) is 13.0 Å². The quantitative estimate of drug-likeness (QED) is 0.820. The van der Waals surface area contributed by atoms with Gasteiger partial charge in [-0.25, -0.2) is 0 Å². The number of amides is 2. The van der Waals surface area contributed by atoms with E-state index in [1.807, 2.05) is 18.2 Å². The molecule has 1 saturated carbocycles. The second-order valence-corrected chi connectivity index (χ2v) is 7.27. The van der Waals surface area contributed by atoms with Gasteiger partial charge in [0.1, 0.15) is 5.92 Å². The average Bonchev–Trinajstić information content (AvgIpc) is 2.73. The maximum absolute atomic E-state index is 12.6. The highest BCUT2D eigenvalue weighted by Gasteiger charge is 2.46. The number of nitrogens with two attached hydrogens (primary N) is 1. The number of nitrogens with one attached hydrogen (secondary N) is 1. The molecule has 3 N–H and O–H groups in total. The summed E-state index contributed by atoms with van der Waals surface area (Å²) >= 11 is 0. The lowest BCUT2D eigenvalue weighted by Gasteiger charge is -2.48. The number of rotatable bonds is 4. The van der Waals surface area contributed by atoms with Crippen LogP contribution in [0.25, 0.3) is 0 Å². The first-order valence-corrected chi connectivity index (χ1v) is 8.87. The Morgan fingerprint density at radius 3 is 2.67 bits per heavy atom. The number of carbonyl (C=O) groups is 2. The van der Waals surface area contributed by atoms with Crippen molar-refractivity contribution in [1.82, 2.24) is 10.2 Å². The van der Waals surface area contributed by atoms with E-state index >= 15 is 0 Å². The molecule has 130 valence electrons. The summed E-state index contributed by atoms with van der Waals surface area (Å²) in [5, 5.41) is 3.08. The standard InChI is InChI=1S/C19H27N3O2/c1-22-10-6-5-9-16(18(22)24)17(23)21-15-11-19(12-15,13-20)14-7-3-2-4-8-14/h2-4,7-8,15-16H,5-6,9-13,20H2,1H3,(H,21,23)/t15?,16-,19?/m0/s1. The van der Waals surface area contributed by atoms with Crippen LogP contribution in [0.3, 0.4) is 0 Å². The van der Waals surface area contributed by atoms with Crippen LogP contribution in [0.1, 0.15) is 37.7 Å². The lowest BCUT2D eigenvalue weighted by molar-refractivity contribution is -0.141. The Morgan fingerprint density at radius 2 is 2.00 bits per heavy atom. The first kappa shape index (κ1) is 17.0. The topological polar surface area (TPSA) is 75.4 Å². The molecule has 0 aromatic heterocycles. The minimum Gasteiger partial charge on any atom is -0.353 e. The van der Waals surface area contributed by atoms with Crippen LogP contribution < -0.4 is 11.1 Å². The average molecular weight is 329 g/mol. The van der Waals surface area contributed by atoms with Crippen LogP contribution in [0.4, 0.5) is 0 Å². The predicted molar refractivity (Wildman–Crippen MR) is 93.3 cm³/mol. The highest BCUT2D eigenvalue weighted by Crippen LogP contribution is 2.43. The second-order valence-electron chi connectivity index (χ2n) is 7.27. The Morgan fingerprint density at radius 1 is 1.29 bits per heavy atom. The number of carbonyl (C=O) groups excluding carboxylic acids is 2. The zero-order valence-electron chi connectivity index (χ0n) is 14.3. The summed E-state index contributed by atoms with van der Waals surface area (Å²) in [6.07, 6.45) is 4.24. The largest absolute Gasteiger partial charge is 0.353 e. The third kappa shape index (κ3) is 3.18. The molecular weight excluding hydrogens is 302 g/mol. The molecule has 1 aromatic rings. The Balaban J connectivity index is 1.60. The van der Waals surface area contributed by atoms with Gasteiger partial charge in [0.25, 0.3) is 0 Å². The molecule has 0 bridgehead atoms. The Labute approximate surface area is 143 Å². The Bertz CT molecular complexity index is 596. The van der Waals surface area contributed by atoms with Crippen molar-refractivity contribution in [3.05, 3.63) is 35.9 Å². The number of hydrogen-bond acceptors (Lipinski definition) is 3. The van der Waals surface area contributed by atoms with Crippen molar-refractivity contribution in [3.8, 4) is 0 Å². The van der Waals surface area contributed by atoms with Crippen LogP contribution in [0.15, 0.2) is 30.3 Å². The van der Waals surface area contributed by atoms with Crippen molar-refractivity contribution in [2.24, 2.45) is 11.7 Å². The number of benzene rings is 1. The molecule has 5 heteroatoms. The highest BCUT2D eigenvalue weighted by atomic mass is 16.2. The van der Waals surface area contributed by atoms with Crippen molar-refractivity contribution in [2.45, 2.75) is 43.6 Å². The van der Waals surface area contributed by atoms with E-state index in [0.717, 1.165) is 32.2 Å². The SMILES string of the molecule is CN1CCCC[C@@H](C(=O)NC2CC(CN)(c3ccccc3)C2)C1=O. The molecule has 0 spiro atoms. The molecule has 1 aliphatic carbocycles. The highest BCUT2D eigenvalue weighted by molar-refractivity contribution is 6.00. The smallest absolute Gasteiger partial charge is 0.234 e. The van der Waals surface area contributed by atoms with E-state index in [4.69, 9.17) is 5.73 Å². The molecule has 0 radical (unpaired) electrons. The Kier molecular flexibility index (Phi) is 4.90. The lowest BCUT2D eigenvalue weighted by Crippen LogP contribution is -2.58. The van der Waals surface area contributed by atoms with Gasteiger partial charge >= 0.3 is 0 Å². The van der Waals surface area contributed by atoms with Crippen molar-refractivity contribution in [2.75, 3.05) is 20.1 Å². The van der Waals surface area contributed by atoms with Crippen molar-refractivity contribution in [1.29, 1.82) is 0 Å². The molecule has 24 heavy (non-hydrogen) atoms. The van der Waals surface area contributed by atoms with E-state index in [9.17, 15) is 9.59 Å². The zero-order chi connectivity index (χ0) is 17.2. The molecule has 1 atom stereocenters. The summed E-state index contributed by atoms with van der Waals surface area (Å²) in [4.78, 5) is 26.6. The van der Waals surface area contributed by atoms with Crippen LogP contribution >= 0.6 is 0 Å². The molecule has 0 unspecified atom stereocenters. The molecule has 1 aromatic carbocycles. The number of likely N-dealkylation sites (tertiary alicyclic amines) is 1. The van der Waals surface area contributed by atoms with Crippen LogP contribution in [0.5, 0.6) is 0 Å². The van der Waals surface area contributed by atoms with Crippen molar-refractivity contribution < 1.29 is 9.59 Å². The van der Waals surface area contributed by atoms with E-state index in [1.54, 1.807) is 11.9 Å². The van der Waals surface area contributed by atoms with Gasteiger partial charge in [-0.3, -0.25) is 9.59 Å². The van der Waals surface area contributed by atoms with Gasteiger partial charge in [0.2, 0.25) is 11.8 Å². The summed E-state index contributed by atoms with van der Waals surface area (Å²) < 4.78 is 0. The third-order valence-corrected chi connectivity index (χ3v) is 5.62. The molecule has 5 nitrogen and oxygen atoms in total. The van der Waals surface area contributed by atoms with Crippen LogP contribution in [-0.4, -0.2) is 42.9 Å². The molecule has 3 rings (SSSR count). The summed E-state index contributed by atoms with van der Waals surface area (Å²) in [6, 6.07) is 10.4. The number of hydrogen-bond donors (Lipinski definition) is 2. The summed E-state index contributed by atoms with van der Waals surface area (Å²) in [7, 11) is 1.78. The van der Waals surface area contributed by atoms with Gasteiger partial charge in [0, 0.05) is 31.6 Å². The lowest BCUT2D eigenvalue weighted by atomic mass is 9.61. The number of nitrogens with zero attached hydrogens (tertiary/aromatic N) is 1. The van der Waals surface area contributed by atoms with Crippen molar-refractivity contribution >= 4 is 11.8 Å². The van der Waals surface area contributed by atoms with Crippen LogP contribution in [-0.2, 0) is 15.0 Å². The normalized spacial score (nSPS) is 30.4. The molecule has 2 fully saturated rings. The first-order valence-electron chi connectivity index (χ1n) is 8.87. The minimum absolute atomic E-state index is 0.0382. The fourth-order valence-electron chi connectivity index (χ4n) is 4.04. The van der Waals surface area contributed by atoms with E-state index in [2.05, 4.69) is 17.4 Å². The fraction of sp³-hybridized carbons (Fsp3) is 0.579. The molecule has 2 aliphatic rings. The molecule has 1 saturated heterocycles. The fourth-order valence-corrected chi connectivity index (χ4v) is 4.04. The zero-order valence-corrected chi connectivity index (χ0v) is 14.3. The summed E-state index contributed by atoms with van der Waals surface area (Å²) in [6.45, 7) is 1.32. The Hall–Kier alpha value is -1.88. The third-order valence-electron chi connectivity index (χ3n) is 5.62. The molecule has 2 amide bonds. The second kappa shape index (κ2) is 6.93. The van der Waals surface area contributed by atoms with E-state index in [-0.39, 0.29) is 23.3 Å². The van der Waals surface area contributed by atoms with Gasteiger partial charge in [0.15, 0.2) is 0 Å². The van der Waals surface area contributed by atoms with Gasteiger partial charge in [0.05, 0.1) is 0 Å². The summed E-state index contributed by atoms with van der Waals surface area (Å²) in [5.41, 5.74) is 7.22.